The van der Waals surface area contributed by atoms with Gasteiger partial charge in [0.1, 0.15) is 6.17 Å². The largest absolute Gasteiger partial charge is 0.469 e. The van der Waals surface area contributed by atoms with Crippen LogP contribution in [0.1, 0.15) is 12.8 Å². The van der Waals surface area contributed by atoms with Gasteiger partial charge >= 0.3 is 5.97 Å². The third-order valence-electron chi connectivity index (χ3n) is 2.17. The van der Waals surface area contributed by atoms with Gasteiger partial charge in [0, 0.05) is 12.6 Å². The number of hydrogen-bond donors (Lipinski definition) is 1. The lowest BCUT2D eigenvalue weighted by Gasteiger charge is -2.09. The van der Waals surface area contributed by atoms with Gasteiger partial charge < -0.3 is 14.8 Å². The topological polar surface area (TPSA) is 47.6 Å². The zero-order valence-electron chi connectivity index (χ0n) is 8.29. The Kier molecular flexibility index (Phi) is 4.82. The quantitative estimate of drug-likeness (QED) is 0.517. The van der Waals surface area contributed by atoms with E-state index in [0.29, 0.717) is 26.2 Å². The summed E-state index contributed by atoms with van der Waals surface area (Å²) in [7, 11) is 1.34. The number of halogens is 1. The lowest BCUT2D eigenvalue weighted by Crippen LogP contribution is -2.27. The van der Waals surface area contributed by atoms with Gasteiger partial charge in [-0.25, -0.2) is 4.39 Å². The summed E-state index contributed by atoms with van der Waals surface area (Å²) in [5.41, 5.74) is 0. The Labute approximate surface area is 82.8 Å². The molecule has 2 atom stereocenters. The molecule has 4 nitrogen and oxygen atoms in total. The Hall–Kier alpha value is -0.680. The van der Waals surface area contributed by atoms with Crippen molar-refractivity contribution in [2.45, 2.75) is 25.1 Å². The molecule has 0 radical (unpaired) electrons. The smallest absolute Gasteiger partial charge is 0.307 e. The molecule has 0 saturated carbocycles. The van der Waals surface area contributed by atoms with E-state index in [4.69, 9.17) is 4.74 Å². The normalized spacial score (nSPS) is 26.4. The zero-order valence-corrected chi connectivity index (χ0v) is 8.29. The van der Waals surface area contributed by atoms with E-state index in [-0.39, 0.29) is 18.4 Å². The fourth-order valence-corrected chi connectivity index (χ4v) is 1.38. The van der Waals surface area contributed by atoms with Crippen molar-refractivity contribution in [1.29, 1.82) is 0 Å². The van der Waals surface area contributed by atoms with E-state index in [1.807, 2.05) is 0 Å². The second-order valence-electron chi connectivity index (χ2n) is 3.34. The van der Waals surface area contributed by atoms with Crippen molar-refractivity contribution in [3.05, 3.63) is 0 Å². The molecule has 0 aliphatic carbocycles. The highest BCUT2D eigenvalue weighted by Crippen LogP contribution is 2.09. The maximum absolute atomic E-state index is 12.7. The van der Waals surface area contributed by atoms with Gasteiger partial charge in [-0.3, -0.25) is 4.79 Å². The van der Waals surface area contributed by atoms with E-state index in [1.54, 1.807) is 0 Å². The third-order valence-corrected chi connectivity index (χ3v) is 2.17. The first kappa shape index (κ1) is 11.4. The summed E-state index contributed by atoms with van der Waals surface area (Å²) < 4.78 is 22.3. The number of methoxy groups -OCH3 is 1. The van der Waals surface area contributed by atoms with Crippen molar-refractivity contribution < 1.29 is 18.7 Å². The Bertz CT molecular complexity index is 189. The van der Waals surface area contributed by atoms with Crippen LogP contribution in [0.3, 0.4) is 0 Å². The van der Waals surface area contributed by atoms with Crippen LogP contribution in [0.5, 0.6) is 0 Å². The number of rotatable bonds is 5. The Balaban J connectivity index is 1.96. The third kappa shape index (κ3) is 4.02. The van der Waals surface area contributed by atoms with E-state index in [2.05, 4.69) is 10.1 Å². The minimum Gasteiger partial charge on any atom is -0.469 e. The fraction of sp³-hybridized carbons (Fsp3) is 0.889. The predicted molar refractivity (Wildman–Crippen MR) is 48.8 cm³/mol. The van der Waals surface area contributed by atoms with Crippen molar-refractivity contribution in [2.75, 3.05) is 26.9 Å². The van der Waals surface area contributed by atoms with E-state index >= 15 is 0 Å². The van der Waals surface area contributed by atoms with Gasteiger partial charge in [-0.15, -0.1) is 0 Å². The van der Waals surface area contributed by atoms with Crippen LogP contribution in [0.25, 0.3) is 0 Å². The molecule has 14 heavy (non-hydrogen) atoms. The van der Waals surface area contributed by atoms with Crippen molar-refractivity contribution >= 4 is 5.97 Å². The van der Waals surface area contributed by atoms with Gasteiger partial charge in [-0.05, 0) is 6.42 Å². The molecular formula is C9H16FNO3. The Morgan fingerprint density at radius 3 is 3.00 bits per heavy atom. The summed E-state index contributed by atoms with van der Waals surface area (Å²) in [5.74, 6) is -0.284. The minimum absolute atomic E-state index is 0.0858. The maximum Gasteiger partial charge on any atom is 0.307 e. The van der Waals surface area contributed by atoms with Gasteiger partial charge in [0.05, 0.1) is 26.7 Å². The summed E-state index contributed by atoms with van der Waals surface area (Å²) in [6, 6.07) is 0.0858. The molecule has 0 aromatic rings. The van der Waals surface area contributed by atoms with Crippen molar-refractivity contribution in [2.24, 2.45) is 0 Å². The molecule has 0 aromatic heterocycles. The molecule has 0 aromatic carbocycles. The van der Waals surface area contributed by atoms with Crippen LogP contribution in [0.15, 0.2) is 0 Å². The highest BCUT2D eigenvalue weighted by atomic mass is 19.1. The van der Waals surface area contributed by atoms with E-state index in [1.165, 1.54) is 7.11 Å². The molecule has 0 spiro atoms. The van der Waals surface area contributed by atoms with Crippen molar-refractivity contribution in [1.82, 2.24) is 5.32 Å². The summed E-state index contributed by atoms with van der Waals surface area (Å²) in [4.78, 5) is 10.7. The number of alkyl halides is 1. The first-order chi connectivity index (χ1) is 6.72. The SMILES string of the molecule is COC(=O)CCOC[C@@H]1C[C@H](F)CN1. The maximum atomic E-state index is 12.7. The lowest BCUT2D eigenvalue weighted by atomic mass is 10.2. The van der Waals surface area contributed by atoms with Crippen LogP contribution < -0.4 is 5.32 Å². The fourth-order valence-electron chi connectivity index (χ4n) is 1.38. The molecule has 0 amide bonds. The number of esters is 1. The molecule has 0 bridgehead atoms. The highest BCUT2D eigenvalue weighted by molar-refractivity contribution is 5.69. The molecule has 1 aliphatic heterocycles. The second-order valence-corrected chi connectivity index (χ2v) is 3.34. The molecule has 1 fully saturated rings. The minimum atomic E-state index is -0.760. The van der Waals surface area contributed by atoms with Crippen LogP contribution >= 0.6 is 0 Å². The van der Waals surface area contributed by atoms with Crippen LogP contribution in [-0.2, 0) is 14.3 Å². The van der Waals surface area contributed by atoms with Crippen LogP contribution in [0, 0.1) is 0 Å². The number of carbonyl (C=O) groups excluding carboxylic acids is 1. The van der Waals surface area contributed by atoms with E-state index < -0.39 is 6.17 Å². The molecule has 1 N–H and O–H groups in total. The second kappa shape index (κ2) is 5.93. The van der Waals surface area contributed by atoms with Crippen molar-refractivity contribution in [3.63, 3.8) is 0 Å². The zero-order chi connectivity index (χ0) is 10.4. The first-order valence-electron chi connectivity index (χ1n) is 4.74. The Morgan fingerprint density at radius 2 is 2.43 bits per heavy atom. The van der Waals surface area contributed by atoms with E-state index in [0.717, 1.165) is 0 Å². The summed E-state index contributed by atoms with van der Waals surface area (Å²) >= 11 is 0. The highest BCUT2D eigenvalue weighted by Gasteiger charge is 2.23. The predicted octanol–water partition coefficient (Wildman–Crippen LogP) is 0.266. The molecule has 82 valence electrons. The van der Waals surface area contributed by atoms with Gasteiger partial charge in [0.2, 0.25) is 0 Å². The summed E-state index contributed by atoms with van der Waals surface area (Å²) in [6.07, 6.45) is -0.00950. The molecule has 0 unspecified atom stereocenters. The average molecular weight is 205 g/mol. The lowest BCUT2D eigenvalue weighted by molar-refractivity contribution is -0.141. The van der Waals surface area contributed by atoms with Crippen molar-refractivity contribution in [3.8, 4) is 0 Å². The molecule has 1 rings (SSSR count). The monoisotopic (exact) mass is 205 g/mol. The van der Waals surface area contributed by atoms with Gasteiger partial charge in [-0.2, -0.15) is 0 Å². The number of hydrogen-bond acceptors (Lipinski definition) is 4. The van der Waals surface area contributed by atoms with Crippen LogP contribution in [0.4, 0.5) is 4.39 Å². The summed E-state index contributed by atoms with van der Waals surface area (Å²) in [5, 5.41) is 2.99. The molecule has 5 heteroatoms. The van der Waals surface area contributed by atoms with E-state index in [9.17, 15) is 9.18 Å². The standard InChI is InChI=1S/C9H16FNO3/c1-13-9(12)2-3-14-6-8-4-7(10)5-11-8/h7-8,11H,2-6H2,1H3/t7-,8-/m0/s1. The van der Waals surface area contributed by atoms with Gasteiger partial charge in [-0.1, -0.05) is 0 Å². The molecule has 1 aliphatic rings. The molecule has 1 heterocycles. The molecule has 1 saturated heterocycles. The van der Waals surface area contributed by atoms with Crippen LogP contribution in [0.2, 0.25) is 0 Å². The van der Waals surface area contributed by atoms with Gasteiger partial charge in [0.15, 0.2) is 0 Å². The number of carbonyl (C=O) groups is 1. The Morgan fingerprint density at radius 1 is 1.64 bits per heavy atom. The summed E-state index contributed by atoms with van der Waals surface area (Å²) in [6.45, 7) is 1.20. The van der Waals surface area contributed by atoms with Crippen LogP contribution in [-0.4, -0.2) is 45.1 Å². The van der Waals surface area contributed by atoms with Gasteiger partial charge in [0.25, 0.3) is 0 Å². The molecular weight excluding hydrogens is 189 g/mol. The average Bonchev–Trinajstić information content (AvgIpc) is 2.58. The number of ether oxygens (including phenoxy) is 2. The first-order valence-corrected chi connectivity index (χ1v) is 4.74. The number of nitrogens with one attached hydrogen (secondary N) is 1.